The van der Waals surface area contributed by atoms with E-state index >= 15 is 0 Å². The molecule has 1 aliphatic rings. The molecule has 2 rings (SSSR count). The minimum Gasteiger partial charge on any atom is -0.377 e. The first-order valence-corrected chi connectivity index (χ1v) is 6.43. The minimum atomic E-state index is -0.397. The number of halogens is 2. The van der Waals surface area contributed by atoms with Crippen LogP contribution in [0.4, 0.5) is 8.78 Å². The highest BCUT2D eigenvalue weighted by atomic mass is 19.1. The van der Waals surface area contributed by atoms with Gasteiger partial charge in [-0.05, 0) is 56.5 Å². The molecule has 4 heteroatoms. The summed E-state index contributed by atoms with van der Waals surface area (Å²) in [6.45, 7) is 0.758. The van der Waals surface area contributed by atoms with Gasteiger partial charge in [0.15, 0.2) is 0 Å². The van der Waals surface area contributed by atoms with E-state index in [0.29, 0.717) is 12.0 Å². The maximum atomic E-state index is 13.6. The van der Waals surface area contributed by atoms with Crippen LogP contribution in [0.2, 0.25) is 0 Å². The second kappa shape index (κ2) is 6.25. The lowest BCUT2D eigenvalue weighted by Crippen LogP contribution is -2.42. The molecule has 0 aromatic heterocycles. The summed E-state index contributed by atoms with van der Waals surface area (Å²) in [5, 5.41) is 3.15. The Labute approximate surface area is 106 Å². The summed E-state index contributed by atoms with van der Waals surface area (Å²) in [7, 11) is 1.83. The minimum absolute atomic E-state index is 0.0293. The van der Waals surface area contributed by atoms with Gasteiger partial charge in [-0.25, -0.2) is 8.78 Å². The van der Waals surface area contributed by atoms with Crippen molar-refractivity contribution in [2.24, 2.45) is 0 Å². The Morgan fingerprint density at radius 2 is 2.22 bits per heavy atom. The first-order valence-electron chi connectivity index (χ1n) is 6.43. The molecule has 100 valence electrons. The molecule has 0 aliphatic carbocycles. The standard InChI is InChI=1S/C14H19F2NO/c1-17-13(14-4-2-3-7-18-14)9-10-8-11(15)5-6-12(10)16/h5-6,8,13-14,17H,2-4,7,9H2,1H3. The van der Waals surface area contributed by atoms with Crippen molar-refractivity contribution < 1.29 is 13.5 Å². The van der Waals surface area contributed by atoms with Crippen LogP contribution >= 0.6 is 0 Å². The molecule has 0 spiro atoms. The molecule has 2 atom stereocenters. The van der Waals surface area contributed by atoms with Crippen LogP contribution in [0.1, 0.15) is 24.8 Å². The van der Waals surface area contributed by atoms with Gasteiger partial charge < -0.3 is 10.1 Å². The van der Waals surface area contributed by atoms with Gasteiger partial charge in [-0.2, -0.15) is 0 Å². The van der Waals surface area contributed by atoms with Gasteiger partial charge >= 0.3 is 0 Å². The molecule has 0 saturated carbocycles. The fraction of sp³-hybridized carbons (Fsp3) is 0.571. The van der Waals surface area contributed by atoms with Crippen molar-refractivity contribution in [1.82, 2.24) is 5.32 Å². The molecule has 1 heterocycles. The smallest absolute Gasteiger partial charge is 0.126 e. The zero-order chi connectivity index (χ0) is 13.0. The third-order valence-corrected chi connectivity index (χ3v) is 3.48. The Morgan fingerprint density at radius 1 is 1.39 bits per heavy atom. The first-order chi connectivity index (χ1) is 8.70. The Balaban J connectivity index is 2.06. The molecule has 2 unspecified atom stereocenters. The van der Waals surface area contributed by atoms with Crippen LogP contribution in [-0.2, 0) is 11.2 Å². The lowest BCUT2D eigenvalue weighted by Gasteiger charge is -2.30. The van der Waals surface area contributed by atoms with E-state index < -0.39 is 5.82 Å². The molecule has 1 saturated heterocycles. The molecular weight excluding hydrogens is 236 g/mol. The zero-order valence-electron chi connectivity index (χ0n) is 10.6. The van der Waals surface area contributed by atoms with E-state index in [1.807, 2.05) is 7.05 Å². The summed E-state index contributed by atoms with van der Waals surface area (Å²) in [6, 6.07) is 3.62. The summed E-state index contributed by atoms with van der Waals surface area (Å²) in [6.07, 6.45) is 3.73. The Morgan fingerprint density at radius 3 is 2.89 bits per heavy atom. The van der Waals surface area contributed by atoms with Crippen molar-refractivity contribution >= 4 is 0 Å². The Kier molecular flexibility index (Phi) is 4.66. The molecule has 0 radical (unpaired) electrons. The zero-order valence-corrected chi connectivity index (χ0v) is 10.6. The third-order valence-electron chi connectivity index (χ3n) is 3.48. The van der Waals surface area contributed by atoms with E-state index in [0.717, 1.165) is 31.9 Å². The number of hydrogen-bond donors (Lipinski definition) is 1. The number of benzene rings is 1. The monoisotopic (exact) mass is 255 g/mol. The van der Waals surface area contributed by atoms with Crippen LogP contribution in [0.5, 0.6) is 0 Å². The molecule has 1 aromatic rings. The topological polar surface area (TPSA) is 21.3 Å². The van der Waals surface area contributed by atoms with E-state index in [-0.39, 0.29) is 18.0 Å². The fourth-order valence-electron chi connectivity index (χ4n) is 2.44. The molecule has 1 fully saturated rings. The van der Waals surface area contributed by atoms with E-state index in [2.05, 4.69) is 5.32 Å². The molecule has 2 nitrogen and oxygen atoms in total. The Bertz CT molecular complexity index is 391. The van der Waals surface area contributed by atoms with Crippen molar-refractivity contribution in [3.8, 4) is 0 Å². The van der Waals surface area contributed by atoms with Gasteiger partial charge in [0.25, 0.3) is 0 Å². The highest BCUT2D eigenvalue weighted by Gasteiger charge is 2.24. The molecule has 18 heavy (non-hydrogen) atoms. The van der Waals surface area contributed by atoms with Crippen LogP contribution in [0.15, 0.2) is 18.2 Å². The van der Waals surface area contributed by atoms with Crippen molar-refractivity contribution in [3.05, 3.63) is 35.4 Å². The highest BCUT2D eigenvalue weighted by Crippen LogP contribution is 2.20. The molecule has 0 amide bonds. The largest absolute Gasteiger partial charge is 0.377 e. The summed E-state index contributed by atoms with van der Waals surface area (Å²) in [5.41, 5.74) is 0.406. The molecule has 0 bridgehead atoms. The SMILES string of the molecule is CNC(Cc1cc(F)ccc1F)C1CCCCO1. The summed E-state index contributed by atoms with van der Waals surface area (Å²) in [4.78, 5) is 0. The predicted molar refractivity (Wildman–Crippen MR) is 66.5 cm³/mol. The fourth-order valence-corrected chi connectivity index (χ4v) is 2.44. The quantitative estimate of drug-likeness (QED) is 0.893. The lowest BCUT2D eigenvalue weighted by atomic mass is 9.96. The molecule has 1 aromatic carbocycles. The van der Waals surface area contributed by atoms with Crippen molar-refractivity contribution in [2.75, 3.05) is 13.7 Å². The number of rotatable bonds is 4. The molecular formula is C14H19F2NO. The number of ether oxygens (including phenoxy) is 1. The summed E-state index contributed by atoms with van der Waals surface area (Å²) >= 11 is 0. The van der Waals surface area contributed by atoms with Crippen LogP contribution in [0, 0.1) is 11.6 Å². The van der Waals surface area contributed by atoms with Crippen LogP contribution in [0.25, 0.3) is 0 Å². The van der Waals surface area contributed by atoms with Gasteiger partial charge in [-0.1, -0.05) is 0 Å². The number of nitrogens with one attached hydrogen (secondary N) is 1. The second-order valence-electron chi connectivity index (χ2n) is 4.74. The lowest BCUT2D eigenvalue weighted by molar-refractivity contribution is -0.00602. The van der Waals surface area contributed by atoms with Crippen LogP contribution < -0.4 is 5.32 Å². The van der Waals surface area contributed by atoms with Gasteiger partial charge in [0.1, 0.15) is 11.6 Å². The maximum Gasteiger partial charge on any atom is 0.126 e. The summed E-state index contributed by atoms with van der Waals surface area (Å²) in [5.74, 6) is -0.752. The van der Waals surface area contributed by atoms with Gasteiger partial charge in [-0.3, -0.25) is 0 Å². The summed E-state index contributed by atoms with van der Waals surface area (Å²) < 4.78 is 32.4. The van der Waals surface area contributed by atoms with Gasteiger partial charge in [0.2, 0.25) is 0 Å². The molecule has 1 aliphatic heterocycles. The first kappa shape index (κ1) is 13.4. The van der Waals surface area contributed by atoms with E-state index in [1.165, 1.54) is 12.1 Å². The van der Waals surface area contributed by atoms with Crippen LogP contribution in [-0.4, -0.2) is 25.8 Å². The second-order valence-corrected chi connectivity index (χ2v) is 4.74. The average molecular weight is 255 g/mol. The normalized spacial score (nSPS) is 21.8. The molecule has 1 N–H and O–H groups in total. The third kappa shape index (κ3) is 3.27. The van der Waals surface area contributed by atoms with Crippen molar-refractivity contribution in [1.29, 1.82) is 0 Å². The average Bonchev–Trinajstić information content (AvgIpc) is 2.41. The maximum absolute atomic E-state index is 13.6. The van der Waals surface area contributed by atoms with Crippen molar-refractivity contribution in [3.63, 3.8) is 0 Å². The van der Waals surface area contributed by atoms with E-state index in [1.54, 1.807) is 0 Å². The van der Waals surface area contributed by atoms with E-state index in [9.17, 15) is 8.78 Å². The Hall–Kier alpha value is -1.00. The van der Waals surface area contributed by atoms with Crippen LogP contribution in [0.3, 0.4) is 0 Å². The van der Waals surface area contributed by atoms with Gasteiger partial charge in [0, 0.05) is 12.6 Å². The van der Waals surface area contributed by atoms with Gasteiger partial charge in [-0.15, -0.1) is 0 Å². The van der Waals surface area contributed by atoms with E-state index in [4.69, 9.17) is 4.74 Å². The number of hydrogen-bond acceptors (Lipinski definition) is 2. The van der Waals surface area contributed by atoms with Gasteiger partial charge in [0.05, 0.1) is 6.10 Å². The highest BCUT2D eigenvalue weighted by molar-refractivity contribution is 5.20. The number of likely N-dealkylation sites (N-methyl/N-ethyl adjacent to an activating group) is 1. The predicted octanol–water partition coefficient (Wildman–Crippen LogP) is 2.66. The van der Waals surface area contributed by atoms with Crippen molar-refractivity contribution in [2.45, 2.75) is 37.8 Å².